The van der Waals surface area contributed by atoms with Gasteiger partial charge in [0.2, 0.25) is 11.9 Å². The maximum atomic E-state index is 12.6. The Bertz CT molecular complexity index is 327. The van der Waals surface area contributed by atoms with Crippen LogP contribution in [0.3, 0.4) is 0 Å². The van der Waals surface area contributed by atoms with Gasteiger partial charge in [0.1, 0.15) is 6.26 Å². The fraction of sp³-hybridized carbons (Fsp3) is 0.778. The van der Waals surface area contributed by atoms with Crippen molar-refractivity contribution >= 4 is 0 Å². The molecule has 0 aliphatic carbocycles. The highest BCUT2D eigenvalue weighted by Gasteiger charge is 2.56. The van der Waals surface area contributed by atoms with Gasteiger partial charge in [-0.15, -0.1) is 0 Å². The first-order valence-corrected chi connectivity index (χ1v) is 4.69. The van der Waals surface area contributed by atoms with E-state index in [9.17, 15) is 30.7 Å². The topological polar surface area (TPSA) is 18.5 Å². The largest absolute Gasteiger partial charge is 0.485 e. The Morgan fingerprint density at radius 2 is 1.72 bits per heavy atom. The first-order chi connectivity index (χ1) is 7.97. The Morgan fingerprint density at radius 3 is 2.00 bits per heavy atom. The molecule has 9 heteroatoms. The molecule has 0 aromatic rings. The smallest absolute Gasteiger partial charge is 0.446 e. The molecule has 1 aliphatic rings. The first kappa shape index (κ1) is 15.1. The lowest BCUT2D eigenvalue weighted by atomic mass is 9.82. The van der Waals surface area contributed by atoms with Gasteiger partial charge >= 0.3 is 12.4 Å². The normalized spacial score (nSPS) is 22.3. The highest BCUT2D eigenvalue weighted by atomic mass is 19.4. The number of halogens is 7. The number of hydrogen-bond acceptors (Lipinski definition) is 2. The number of rotatable bonds is 3. The Kier molecular flexibility index (Phi) is 3.85. The summed E-state index contributed by atoms with van der Waals surface area (Å²) in [4.78, 5) is 0. The first-order valence-electron chi connectivity index (χ1n) is 4.69. The zero-order chi connectivity index (χ0) is 14.2. The van der Waals surface area contributed by atoms with Gasteiger partial charge < -0.3 is 9.47 Å². The van der Waals surface area contributed by atoms with E-state index in [0.29, 0.717) is 0 Å². The van der Waals surface area contributed by atoms with Gasteiger partial charge in [-0.25, -0.2) is 0 Å². The third kappa shape index (κ3) is 3.27. The van der Waals surface area contributed by atoms with Crippen LogP contribution >= 0.6 is 0 Å². The molecule has 0 bridgehead atoms. The summed E-state index contributed by atoms with van der Waals surface area (Å²) >= 11 is 0. The van der Waals surface area contributed by atoms with E-state index >= 15 is 0 Å². The molecule has 1 saturated heterocycles. The lowest BCUT2D eigenvalue weighted by Gasteiger charge is -2.43. The van der Waals surface area contributed by atoms with Gasteiger partial charge in [0, 0.05) is 0 Å². The summed E-state index contributed by atoms with van der Waals surface area (Å²) in [5.41, 5.74) is -1.51. The van der Waals surface area contributed by atoms with Crippen molar-refractivity contribution in [2.45, 2.75) is 25.4 Å². The van der Waals surface area contributed by atoms with Crippen LogP contribution in [0, 0.1) is 5.41 Å². The second-order valence-corrected chi connectivity index (χ2v) is 4.17. The number of allylic oxidation sites excluding steroid dienone is 1. The molecule has 2 nitrogen and oxygen atoms in total. The van der Waals surface area contributed by atoms with Crippen molar-refractivity contribution in [2.24, 2.45) is 5.41 Å². The monoisotopic (exact) mass is 282 g/mol. The molecule has 0 aromatic heterocycles. The molecule has 0 aromatic carbocycles. The van der Waals surface area contributed by atoms with Crippen LogP contribution in [0.2, 0.25) is 0 Å². The SMILES string of the molecule is CC1(C(OC=C(F)C(F)(F)F)C(F)(F)F)COC1. The van der Waals surface area contributed by atoms with Crippen molar-refractivity contribution in [3.63, 3.8) is 0 Å². The Morgan fingerprint density at radius 1 is 1.22 bits per heavy atom. The summed E-state index contributed by atoms with van der Waals surface area (Å²) in [5.74, 6) is -2.72. The van der Waals surface area contributed by atoms with Crippen LogP contribution < -0.4 is 0 Å². The lowest BCUT2D eigenvalue weighted by Crippen LogP contribution is -2.55. The van der Waals surface area contributed by atoms with Crippen LogP contribution in [0.5, 0.6) is 0 Å². The van der Waals surface area contributed by atoms with E-state index in [1.807, 2.05) is 0 Å². The fourth-order valence-electron chi connectivity index (χ4n) is 1.41. The second-order valence-electron chi connectivity index (χ2n) is 4.17. The quantitative estimate of drug-likeness (QED) is 0.584. The number of alkyl halides is 6. The Hall–Kier alpha value is -0.990. The summed E-state index contributed by atoms with van der Waals surface area (Å²) in [6, 6.07) is 0. The molecule has 0 spiro atoms. The van der Waals surface area contributed by atoms with Crippen molar-refractivity contribution in [1.82, 2.24) is 0 Å². The molecule has 1 rings (SSSR count). The van der Waals surface area contributed by atoms with E-state index in [1.54, 1.807) is 0 Å². The predicted molar refractivity (Wildman–Crippen MR) is 45.1 cm³/mol. The third-order valence-corrected chi connectivity index (χ3v) is 2.37. The lowest BCUT2D eigenvalue weighted by molar-refractivity contribution is -0.281. The maximum absolute atomic E-state index is 12.6. The summed E-state index contributed by atoms with van der Waals surface area (Å²) in [5, 5.41) is 0. The molecule has 0 N–H and O–H groups in total. The molecule has 0 saturated carbocycles. The molecule has 1 atom stereocenters. The third-order valence-electron chi connectivity index (χ3n) is 2.37. The summed E-state index contributed by atoms with van der Waals surface area (Å²) < 4.78 is 93.9. The van der Waals surface area contributed by atoms with E-state index in [4.69, 9.17) is 0 Å². The van der Waals surface area contributed by atoms with E-state index in [-0.39, 0.29) is 13.2 Å². The number of ether oxygens (including phenoxy) is 2. The maximum Gasteiger partial charge on any atom is 0.446 e. The molecule has 1 aliphatic heterocycles. The van der Waals surface area contributed by atoms with Gasteiger partial charge in [0.05, 0.1) is 18.6 Å². The molecule has 1 fully saturated rings. The van der Waals surface area contributed by atoms with E-state index in [1.165, 1.54) is 0 Å². The fourth-order valence-corrected chi connectivity index (χ4v) is 1.41. The molecule has 0 radical (unpaired) electrons. The standard InChI is InChI=1S/C9H9F7O2/c1-7(3-17-4-7)6(9(14,15)16)18-2-5(10)8(11,12)13/h2,6H,3-4H2,1H3. The summed E-state index contributed by atoms with van der Waals surface area (Å²) in [7, 11) is 0. The van der Waals surface area contributed by atoms with Crippen LogP contribution in [-0.2, 0) is 9.47 Å². The van der Waals surface area contributed by atoms with Crippen molar-refractivity contribution < 1.29 is 40.2 Å². The zero-order valence-electron chi connectivity index (χ0n) is 9.03. The molecule has 1 unspecified atom stereocenters. The van der Waals surface area contributed by atoms with Crippen molar-refractivity contribution in [3.05, 3.63) is 12.1 Å². The van der Waals surface area contributed by atoms with Gasteiger partial charge in [0.15, 0.2) is 0 Å². The van der Waals surface area contributed by atoms with Crippen LogP contribution in [-0.4, -0.2) is 31.7 Å². The average Bonchev–Trinajstić information content (AvgIpc) is 2.11. The molecule has 0 amide bonds. The van der Waals surface area contributed by atoms with Crippen LogP contribution in [0.4, 0.5) is 30.7 Å². The number of hydrogen-bond donors (Lipinski definition) is 0. The van der Waals surface area contributed by atoms with Crippen LogP contribution in [0.1, 0.15) is 6.92 Å². The molecular weight excluding hydrogens is 273 g/mol. The Labute approximate surface area is 97.3 Å². The highest BCUT2D eigenvalue weighted by Crippen LogP contribution is 2.42. The minimum absolute atomic E-state index is 0.321. The predicted octanol–water partition coefficient (Wildman–Crippen LogP) is 3.34. The van der Waals surface area contributed by atoms with Crippen molar-refractivity contribution in [3.8, 4) is 0 Å². The van der Waals surface area contributed by atoms with E-state index < -0.39 is 36.0 Å². The van der Waals surface area contributed by atoms with Crippen molar-refractivity contribution in [2.75, 3.05) is 13.2 Å². The van der Waals surface area contributed by atoms with E-state index in [2.05, 4.69) is 9.47 Å². The summed E-state index contributed by atoms with van der Waals surface area (Å²) in [6.07, 6.45) is -13.4. The molecular formula is C9H9F7O2. The second kappa shape index (κ2) is 4.60. The van der Waals surface area contributed by atoms with E-state index in [0.717, 1.165) is 6.92 Å². The highest BCUT2D eigenvalue weighted by molar-refractivity contribution is 4.98. The van der Waals surface area contributed by atoms with Gasteiger partial charge in [-0.2, -0.15) is 30.7 Å². The van der Waals surface area contributed by atoms with Gasteiger partial charge in [0.25, 0.3) is 0 Å². The van der Waals surface area contributed by atoms with Crippen LogP contribution in [0.25, 0.3) is 0 Å². The summed E-state index contributed by atoms with van der Waals surface area (Å²) in [6.45, 7) is 0.491. The Balaban J connectivity index is 2.82. The average molecular weight is 282 g/mol. The molecule has 1 heterocycles. The minimum atomic E-state index is -5.37. The minimum Gasteiger partial charge on any atom is -0.485 e. The zero-order valence-corrected chi connectivity index (χ0v) is 9.03. The molecule has 18 heavy (non-hydrogen) atoms. The molecule has 106 valence electrons. The van der Waals surface area contributed by atoms with Crippen molar-refractivity contribution in [1.29, 1.82) is 0 Å². The van der Waals surface area contributed by atoms with Gasteiger partial charge in [-0.1, -0.05) is 6.92 Å². The van der Waals surface area contributed by atoms with Gasteiger partial charge in [-0.05, 0) is 0 Å². The van der Waals surface area contributed by atoms with Crippen LogP contribution in [0.15, 0.2) is 12.1 Å². The van der Waals surface area contributed by atoms with Gasteiger partial charge in [-0.3, -0.25) is 0 Å².